The monoisotopic (exact) mass is 444 g/mol. The minimum absolute atomic E-state index is 0.00915. The molecule has 4 amide bonds. The van der Waals surface area contributed by atoms with Crippen LogP contribution in [0.2, 0.25) is 0 Å². The number of carbonyl (C=O) groups is 5. The minimum atomic E-state index is -1.09. The van der Waals surface area contributed by atoms with Crippen LogP contribution in [-0.2, 0) is 9.53 Å². The summed E-state index contributed by atoms with van der Waals surface area (Å²) in [6.07, 6.45) is 0. The zero-order valence-corrected chi connectivity index (χ0v) is 16.8. The van der Waals surface area contributed by atoms with Crippen LogP contribution in [0, 0.1) is 17.0 Å². The zero-order chi connectivity index (χ0) is 23.7. The van der Waals surface area contributed by atoms with E-state index >= 15 is 0 Å². The quantitative estimate of drug-likeness (QED) is 0.271. The van der Waals surface area contributed by atoms with Crippen LogP contribution in [0.25, 0.3) is 0 Å². The Morgan fingerprint density at radius 3 is 2.50 bits per heavy atom. The number of primary amides is 1. The number of nitrogens with one attached hydrogen (secondary N) is 1. The second kappa shape index (κ2) is 8.29. The number of nitrogens with two attached hydrogens (primary N) is 1. The third-order valence-corrected chi connectivity index (χ3v) is 4.54. The number of carbonyl (C=O) groups excluding carboxylic acids is 5. The first-order valence-electron chi connectivity index (χ1n) is 9.12. The predicted molar refractivity (Wildman–Crippen MR) is 105 cm³/mol. The number of amides is 4. The number of hydrogen-bond acceptors (Lipinski definition) is 9. The highest BCUT2D eigenvalue weighted by Gasteiger charge is 2.42. The molecule has 0 fully saturated rings. The fourth-order valence-corrected chi connectivity index (χ4v) is 3.24. The number of esters is 1. The predicted octanol–water partition coefficient (Wildman–Crippen LogP) is 1.01. The minimum Gasteiger partial charge on any atom is -0.462 e. The lowest BCUT2D eigenvalue weighted by atomic mass is 10.1. The molecule has 13 heteroatoms. The molecule has 0 atom stereocenters. The van der Waals surface area contributed by atoms with Crippen molar-refractivity contribution in [2.75, 3.05) is 18.5 Å². The number of ether oxygens (including phenoxy) is 1. The van der Waals surface area contributed by atoms with E-state index in [2.05, 4.69) is 5.32 Å². The molecule has 13 nitrogen and oxygen atoms in total. The Bertz CT molecular complexity index is 1200. The van der Waals surface area contributed by atoms with Gasteiger partial charge in [0.2, 0.25) is 11.8 Å². The van der Waals surface area contributed by atoms with Crippen molar-refractivity contribution in [2.24, 2.45) is 5.73 Å². The molecule has 0 saturated heterocycles. The van der Waals surface area contributed by atoms with E-state index in [1.165, 1.54) is 19.1 Å². The first kappa shape index (κ1) is 22.1. The lowest BCUT2D eigenvalue weighted by molar-refractivity contribution is -0.385. The Kier molecular flexibility index (Phi) is 5.74. The number of furan rings is 1. The number of nitro benzene ring substituents is 1. The molecule has 3 rings (SSSR count). The van der Waals surface area contributed by atoms with Gasteiger partial charge in [-0.1, -0.05) is 6.07 Å². The second-order valence-corrected chi connectivity index (χ2v) is 6.52. The maximum atomic E-state index is 12.6. The zero-order valence-electron chi connectivity index (χ0n) is 16.8. The van der Waals surface area contributed by atoms with Gasteiger partial charge >= 0.3 is 5.97 Å². The molecule has 0 saturated carbocycles. The third-order valence-electron chi connectivity index (χ3n) is 4.54. The summed E-state index contributed by atoms with van der Waals surface area (Å²) >= 11 is 0. The maximum absolute atomic E-state index is 12.6. The van der Waals surface area contributed by atoms with Gasteiger partial charge in [0.1, 0.15) is 29.0 Å². The van der Waals surface area contributed by atoms with Gasteiger partial charge in [0.25, 0.3) is 23.4 Å². The van der Waals surface area contributed by atoms with Gasteiger partial charge in [-0.05, 0) is 19.9 Å². The number of anilines is 1. The van der Waals surface area contributed by atoms with Gasteiger partial charge in [0.15, 0.2) is 0 Å². The Labute approximate surface area is 179 Å². The number of benzene rings is 1. The van der Waals surface area contributed by atoms with E-state index in [4.69, 9.17) is 14.9 Å². The van der Waals surface area contributed by atoms with Crippen molar-refractivity contribution in [1.29, 1.82) is 0 Å². The highest BCUT2D eigenvalue weighted by molar-refractivity contribution is 6.24. The van der Waals surface area contributed by atoms with E-state index in [0.717, 1.165) is 6.07 Å². The van der Waals surface area contributed by atoms with E-state index < -0.39 is 63.8 Å². The van der Waals surface area contributed by atoms with Crippen molar-refractivity contribution in [3.05, 3.63) is 56.3 Å². The average molecular weight is 444 g/mol. The van der Waals surface area contributed by atoms with Crippen molar-refractivity contribution in [1.82, 2.24) is 4.90 Å². The SMILES string of the molecule is CCOC(=O)c1c(C)oc(NC(=O)CN2C(=O)c3cccc([N+](=O)[O-])c3C2=O)c1C(N)=O. The topological polar surface area (TPSA) is 192 Å². The molecule has 1 aromatic heterocycles. The molecular weight excluding hydrogens is 428 g/mol. The summed E-state index contributed by atoms with van der Waals surface area (Å²) in [5.74, 6) is -5.40. The standard InChI is InChI=1S/C19H16N4O9/c1-3-31-19(28)12-8(2)32-16(14(12)15(20)25)21-11(24)7-22-17(26)9-5-4-6-10(23(29)30)13(9)18(22)27/h4-6H,3,7H2,1-2H3,(H2,20,25)(H,21,24). The van der Waals surface area contributed by atoms with Crippen molar-refractivity contribution in [3.63, 3.8) is 0 Å². The molecule has 3 N–H and O–H groups in total. The molecule has 1 aliphatic rings. The summed E-state index contributed by atoms with van der Waals surface area (Å²) in [6.45, 7) is 2.06. The van der Waals surface area contributed by atoms with Gasteiger partial charge in [-0.2, -0.15) is 0 Å². The smallest absolute Gasteiger partial charge is 0.342 e. The van der Waals surface area contributed by atoms with E-state index in [9.17, 15) is 34.1 Å². The van der Waals surface area contributed by atoms with Crippen LogP contribution >= 0.6 is 0 Å². The van der Waals surface area contributed by atoms with E-state index in [-0.39, 0.29) is 23.5 Å². The van der Waals surface area contributed by atoms with Gasteiger partial charge in [-0.3, -0.25) is 39.5 Å². The van der Waals surface area contributed by atoms with Gasteiger partial charge in [-0.25, -0.2) is 4.79 Å². The Hall–Kier alpha value is -4.55. The number of hydrogen-bond donors (Lipinski definition) is 2. The molecule has 1 aromatic carbocycles. The maximum Gasteiger partial charge on any atom is 0.342 e. The summed E-state index contributed by atoms with van der Waals surface area (Å²) in [5, 5.41) is 13.4. The average Bonchev–Trinajstić information content (AvgIpc) is 3.17. The van der Waals surface area contributed by atoms with Crippen LogP contribution in [0.4, 0.5) is 11.6 Å². The van der Waals surface area contributed by atoms with Gasteiger partial charge in [-0.15, -0.1) is 0 Å². The third kappa shape index (κ3) is 3.66. The Balaban J connectivity index is 1.86. The molecule has 0 unspecified atom stereocenters. The van der Waals surface area contributed by atoms with Crippen molar-refractivity contribution < 1.29 is 38.1 Å². The first-order chi connectivity index (χ1) is 15.1. The van der Waals surface area contributed by atoms with Gasteiger partial charge in [0.05, 0.1) is 17.1 Å². The summed E-state index contributed by atoms with van der Waals surface area (Å²) < 4.78 is 10.1. The van der Waals surface area contributed by atoms with E-state index in [0.29, 0.717) is 4.90 Å². The number of rotatable bonds is 7. The van der Waals surface area contributed by atoms with Crippen molar-refractivity contribution >= 4 is 41.2 Å². The summed E-state index contributed by atoms with van der Waals surface area (Å²) in [7, 11) is 0. The number of nitrogens with zero attached hydrogens (tertiary/aromatic N) is 2. The van der Waals surface area contributed by atoms with Crippen LogP contribution < -0.4 is 11.1 Å². The van der Waals surface area contributed by atoms with Crippen LogP contribution in [0.3, 0.4) is 0 Å². The van der Waals surface area contributed by atoms with Crippen LogP contribution in [0.15, 0.2) is 22.6 Å². The Morgan fingerprint density at radius 1 is 1.22 bits per heavy atom. The largest absolute Gasteiger partial charge is 0.462 e. The van der Waals surface area contributed by atoms with Gasteiger partial charge in [0, 0.05) is 6.07 Å². The Morgan fingerprint density at radius 2 is 1.91 bits per heavy atom. The fourth-order valence-electron chi connectivity index (χ4n) is 3.24. The van der Waals surface area contributed by atoms with E-state index in [1.54, 1.807) is 6.92 Å². The summed E-state index contributed by atoms with van der Waals surface area (Å²) in [4.78, 5) is 72.4. The molecule has 0 aliphatic carbocycles. The number of fused-ring (bicyclic) bond motifs is 1. The van der Waals surface area contributed by atoms with Crippen LogP contribution in [-0.4, -0.2) is 52.6 Å². The van der Waals surface area contributed by atoms with Crippen molar-refractivity contribution in [3.8, 4) is 0 Å². The fraction of sp³-hybridized carbons (Fsp3) is 0.211. The highest BCUT2D eigenvalue weighted by atomic mass is 16.6. The van der Waals surface area contributed by atoms with Gasteiger partial charge < -0.3 is 14.9 Å². The molecule has 0 bridgehead atoms. The molecule has 0 radical (unpaired) electrons. The number of nitro groups is 1. The summed E-state index contributed by atoms with van der Waals surface area (Å²) in [6, 6.07) is 3.54. The molecule has 32 heavy (non-hydrogen) atoms. The number of aryl methyl sites for hydroxylation is 1. The molecule has 1 aliphatic heterocycles. The molecule has 2 aromatic rings. The highest BCUT2D eigenvalue weighted by Crippen LogP contribution is 2.31. The molecule has 166 valence electrons. The molecular formula is C19H16N4O9. The first-order valence-corrected chi connectivity index (χ1v) is 9.12. The second-order valence-electron chi connectivity index (χ2n) is 6.52. The number of imide groups is 1. The van der Waals surface area contributed by atoms with Crippen LogP contribution in [0.1, 0.15) is 54.1 Å². The van der Waals surface area contributed by atoms with Crippen molar-refractivity contribution in [2.45, 2.75) is 13.8 Å². The molecule has 2 heterocycles. The molecule has 0 spiro atoms. The lowest BCUT2D eigenvalue weighted by Gasteiger charge is -2.13. The summed E-state index contributed by atoms with van der Waals surface area (Å²) in [5.41, 5.74) is 3.39. The normalized spacial score (nSPS) is 12.5. The van der Waals surface area contributed by atoms with Crippen LogP contribution in [0.5, 0.6) is 0 Å². The lowest BCUT2D eigenvalue weighted by Crippen LogP contribution is -2.37. The van der Waals surface area contributed by atoms with E-state index in [1.807, 2.05) is 0 Å².